The molecule has 0 spiro atoms. The Kier molecular flexibility index (Phi) is 6.94. The maximum atomic E-state index is 12.7. The molecule has 1 aromatic rings. The summed E-state index contributed by atoms with van der Waals surface area (Å²) in [5.41, 5.74) is 0.511. The lowest BCUT2D eigenvalue weighted by atomic mass is 10.2. The molecule has 0 N–H and O–H groups in total. The Morgan fingerprint density at radius 3 is 2.15 bits per heavy atom. The Balaban J connectivity index is 2.03. The van der Waals surface area contributed by atoms with E-state index in [0.717, 1.165) is 0 Å². The van der Waals surface area contributed by atoms with Gasteiger partial charge in [0.2, 0.25) is 0 Å². The van der Waals surface area contributed by atoms with Crippen molar-refractivity contribution in [1.29, 1.82) is 0 Å². The highest BCUT2D eigenvalue weighted by Gasteiger charge is 2.26. The molecule has 1 fully saturated rings. The third kappa shape index (κ3) is 4.50. The Labute approximate surface area is 153 Å². The monoisotopic (exact) mass is 362 g/mol. The number of piperazine rings is 1. The molecule has 1 saturated heterocycles. The predicted octanol–water partition coefficient (Wildman–Crippen LogP) is 1.48. The first-order valence-electron chi connectivity index (χ1n) is 8.99. The molecule has 0 saturated carbocycles. The summed E-state index contributed by atoms with van der Waals surface area (Å²) in [7, 11) is 0. The van der Waals surface area contributed by atoms with Gasteiger partial charge < -0.3 is 19.4 Å². The van der Waals surface area contributed by atoms with Gasteiger partial charge in [-0.1, -0.05) is 6.07 Å². The summed E-state index contributed by atoms with van der Waals surface area (Å²) >= 11 is 0. The van der Waals surface area contributed by atoms with E-state index in [1.807, 2.05) is 13.8 Å². The Bertz CT molecular complexity index is 652. The van der Waals surface area contributed by atoms with E-state index < -0.39 is 0 Å². The fourth-order valence-corrected chi connectivity index (χ4v) is 2.81. The van der Waals surface area contributed by atoms with Gasteiger partial charge in [-0.3, -0.25) is 9.59 Å². The van der Waals surface area contributed by atoms with Crippen LogP contribution in [0.2, 0.25) is 0 Å². The largest absolute Gasteiger partial charge is 0.450 e. The van der Waals surface area contributed by atoms with Crippen molar-refractivity contribution in [3.05, 3.63) is 29.6 Å². The minimum atomic E-state index is -0.357. The minimum Gasteiger partial charge on any atom is -0.450 e. The van der Waals surface area contributed by atoms with Crippen molar-refractivity contribution >= 4 is 17.9 Å². The normalized spacial score (nSPS) is 14.1. The number of ether oxygens (including phenoxy) is 1. The van der Waals surface area contributed by atoms with Crippen LogP contribution in [-0.2, 0) is 4.74 Å². The smallest absolute Gasteiger partial charge is 0.409 e. The fraction of sp³-hybridized carbons (Fsp3) is 0.556. The van der Waals surface area contributed by atoms with Gasteiger partial charge in [-0.15, -0.1) is 0 Å². The fourth-order valence-electron chi connectivity index (χ4n) is 2.81. The van der Waals surface area contributed by atoms with Crippen molar-refractivity contribution in [2.24, 2.45) is 0 Å². The van der Waals surface area contributed by atoms with Crippen molar-refractivity contribution in [2.45, 2.75) is 20.8 Å². The highest BCUT2D eigenvalue weighted by Crippen LogP contribution is 2.10. The molecule has 0 atom stereocenters. The molecular weight excluding hydrogens is 336 g/mol. The van der Waals surface area contributed by atoms with Crippen LogP contribution in [0.4, 0.5) is 4.79 Å². The zero-order valence-corrected chi connectivity index (χ0v) is 15.6. The molecule has 8 heteroatoms. The van der Waals surface area contributed by atoms with Crippen LogP contribution in [0.15, 0.2) is 18.2 Å². The first-order valence-corrected chi connectivity index (χ1v) is 8.99. The number of hydrogen-bond donors (Lipinski definition) is 0. The molecule has 1 aliphatic rings. The van der Waals surface area contributed by atoms with Crippen LogP contribution in [0.25, 0.3) is 0 Å². The average molecular weight is 362 g/mol. The van der Waals surface area contributed by atoms with E-state index in [4.69, 9.17) is 4.74 Å². The first kappa shape index (κ1) is 19.7. The molecule has 2 rings (SSSR count). The highest BCUT2D eigenvalue weighted by molar-refractivity contribution is 5.96. The molecule has 26 heavy (non-hydrogen) atoms. The maximum Gasteiger partial charge on any atom is 0.409 e. The van der Waals surface area contributed by atoms with E-state index in [1.54, 1.807) is 39.8 Å². The molecule has 1 aromatic heterocycles. The van der Waals surface area contributed by atoms with E-state index in [-0.39, 0.29) is 29.3 Å². The second-order valence-electron chi connectivity index (χ2n) is 5.86. The number of carbonyl (C=O) groups excluding carboxylic acids is 3. The third-order valence-corrected chi connectivity index (χ3v) is 4.33. The Hall–Kier alpha value is -2.64. The number of pyridine rings is 1. The lowest BCUT2D eigenvalue weighted by Gasteiger charge is -2.33. The van der Waals surface area contributed by atoms with Gasteiger partial charge in [-0.2, -0.15) is 0 Å². The Morgan fingerprint density at radius 2 is 1.58 bits per heavy atom. The molecule has 0 aromatic carbocycles. The average Bonchev–Trinajstić information content (AvgIpc) is 2.68. The number of amides is 3. The summed E-state index contributed by atoms with van der Waals surface area (Å²) in [6.45, 7) is 8.73. The second kappa shape index (κ2) is 9.17. The molecule has 142 valence electrons. The van der Waals surface area contributed by atoms with Crippen LogP contribution in [0.5, 0.6) is 0 Å². The molecule has 0 radical (unpaired) electrons. The van der Waals surface area contributed by atoms with E-state index in [2.05, 4.69) is 4.98 Å². The van der Waals surface area contributed by atoms with Crippen molar-refractivity contribution in [2.75, 3.05) is 45.9 Å². The third-order valence-electron chi connectivity index (χ3n) is 4.33. The predicted molar refractivity (Wildman–Crippen MR) is 96.0 cm³/mol. The van der Waals surface area contributed by atoms with Crippen LogP contribution < -0.4 is 0 Å². The first-order chi connectivity index (χ1) is 12.5. The summed E-state index contributed by atoms with van der Waals surface area (Å²) in [6.07, 6.45) is -0.357. The Morgan fingerprint density at radius 1 is 1.00 bits per heavy atom. The summed E-state index contributed by atoms with van der Waals surface area (Å²) < 4.78 is 4.98. The van der Waals surface area contributed by atoms with Gasteiger partial charge in [0.15, 0.2) is 0 Å². The van der Waals surface area contributed by atoms with Crippen LogP contribution in [0.1, 0.15) is 41.7 Å². The molecule has 2 heterocycles. The van der Waals surface area contributed by atoms with Gasteiger partial charge >= 0.3 is 6.09 Å². The molecule has 8 nitrogen and oxygen atoms in total. The van der Waals surface area contributed by atoms with E-state index in [1.165, 1.54) is 0 Å². The number of nitrogens with zero attached hydrogens (tertiary/aromatic N) is 4. The SMILES string of the molecule is CCOC(=O)N1CCN(C(=O)c2cccc(C(=O)N(CC)CC)n2)CC1. The maximum absolute atomic E-state index is 12.7. The standard InChI is InChI=1S/C18H26N4O4/c1-4-20(5-2)16(23)14-8-7-9-15(19-14)17(24)21-10-12-22(13-11-21)18(25)26-6-3/h7-9H,4-6,10-13H2,1-3H3. The molecule has 0 unspecified atom stereocenters. The summed E-state index contributed by atoms with van der Waals surface area (Å²) in [4.78, 5) is 46.0. The van der Waals surface area contributed by atoms with Gasteiger partial charge in [-0.05, 0) is 32.9 Å². The second-order valence-corrected chi connectivity index (χ2v) is 5.86. The minimum absolute atomic E-state index is 0.184. The molecule has 3 amide bonds. The van der Waals surface area contributed by atoms with E-state index >= 15 is 0 Å². The topological polar surface area (TPSA) is 83.0 Å². The van der Waals surface area contributed by atoms with Gasteiger partial charge in [0.05, 0.1) is 6.61 Å². The van der Waals surface area contributed by atoms with Crippen molar-refractivity contribution in [1.82, 2.24) is 19.7 Å². The quantitative estimate of drug-likeness (QED) is 0.792. The van der Waals surface area contributed by atoms with Crippen molar-refractivity contribution < 1.29 is 19.1 Å². The molecule has 0 bridgehead atoms. The molecule has 1 aliphatic heterocycles. The number of hydrogen-bond acceptors (Lipinski definition) is 5. The number of rotatable bonds is 5. The molecule has 0 aliphatic carbocycles. The van der Waals surface area contributed by atoms with Crippen molar-refractivity contribution in [3.63, 3.8) is 0 Å². The summed E-state index contributed by atoms with van der Waals surface area (Å²) in [5, 5.41) is 0. The number of carbonyl (C=O) groups is 3. The van der Waals surface area contributed by atoms with Gasteiger partial charge in [0.1, 0.15) is 11.4 Å². The van der Waals surface area contributed by atoms with Crippen LogP contribution >= 0.6 is 0 Å². The summed E-state index contributed by atoms with van der Waals surface area (Å²) in [6, 6.07) is 4.90. The van der Waals surface area contributed by atoms with Crippen LogP contribution in [0.3, 0.4) is 0 Å². The van der Waals surface area contributed by atoms with Crippen molar-refractivity contribution in [3.8, 4) is 0 Å². The van der Waals surface area contributed by atoms with Crippen LogP contribution in [0, 0.1) is 0 Å². The zero-order valence-electron chi connectivity index (χ0n) is 15.6. The lowest BCUT2D eigenvalue weighted by molar-refractivity contribution is 0.0565. The lowest BCUT2D eigenvalue weighted by Crippen LogP contribution is -2.50. The van der Waals surface area contributed by atoms with Crippen LogP contribution in [-0.4, -0.2) is 83.5 Å². The van der Waals surface area contributed by atoms with E-state index in [9.17, 15) is 14.4 Å². The number of aromatic nitrogens is 1. The highest BCUT2D eigenvalue weighted by atomic mass is 16.6. The molecular formula is C18H26N4O4. The van der Waals surface area contributed by atoms with Gasteiger partial charge in [0.25, 0.3) is 11.8 Å². The van der Waals surface area contributed by atoms with Gasteiger partial charge in [0, 0.05) is 39.3 Å². The van der Waals surface area contributed by atoms with E-state index in [0.29, 0.717) is 45.9 Å². The summed E-state index contributed by atoms with van der Waals surface area (Å²) in [5.74, 6) is -0.417. The zero-order chi connectivity index (χ0) is 19.1. The van der Waals surface area contributed by atoms with Gasteiger partial charge in [-0.25, -0.2) is 9.78 Å².